The minimum absolute atomic E-state index is 0.288. The molecule has 2 N–H and O–H groups in total. The lowest BCUT2D eigenvalue weighted by Crippen LogP contribution is -2.06. The summed E-state index contributed by atoms with van der Waals surface area (Å²) in [6.45, 7) is 3.47. The molecule has 0 radical (unpaired) electrons. The summed E-state index contributed by atoms with van der Waals surface area (Å²) < 4.78 is 18.0. The zero-order chi connectivity index (χ0) is 13.0. The van der Waals surface area contributed by atoms with E-state index in [0.717, 1.165) is 0 Å². The fraction of sp³-hybridized carbons (Fsp3) is 0.250. The Morgan fingerprint density at radius 2 is 1.94 bits per heavy atom. The molecule has 0 saturated carbocycles. The highest BCUT2D eigenvalue weighted by Gasteiger charge is 2.11. The summed E-state index contributed by atoms with van der Waals surface area (Å²) in [4.78, 5) is 8.18. The third kappa shape index (κ3) is 2.43. The number of nitrogens with two attached hydrogens (primary N) is 1. The van der Waals surface area contributed by atoms with E-state index in [9.17, 15) is 0 Å². The van der Waals surface area contributed by atoms with Gasteiger partial charge >= 0.3 is 11.6 Å². The number of hydrogen-bond acceptors (Lipinski definition) is 7. The molecule has 0 aliphatic rings. The number of fused-ring (bicyclic) bond motifs is 1. The Labute approximate surface area is 99.7 Å². The third-order valence-electron chi connectivity index (χ3n) is 1.92. The second-order valence-electron chi connectivity index (χ2n) is 3.01. The fourth-order valence-electron chi connectivity index (χ4n) is 1.27. The summed E-state index contributed by atoms with van der Waals surface area (Å²) in [5.41, 5.74) is 6.67. The zero-order valence-electron chi connectivity index (χ0n) is 9.04. The Kier molecular flexibility index (Phi) is 3.84. The monoisotopic (exact) mass is 252 g/mol. The molecule has 0 aliphatic heterocycles. The maximum absolute atomic E-state index is 8.83. The minimum atomic E-state index is -0.750. The van der Waals surface area contributed by atoms with Gasteiger partial charge in [-0.05, 0) is 13.8 Å². The molecule has 0 unspecified atom stereocenters. The fourth-order valence-corrected chi connectivity index (χ4v) is 1.27. The highest BCUT2D eigenvalue weighted by molar-refractivity contribution is 7.51. The number of hydrogen-bond donors (Lipinski definition) is 1. The smallest absolute Gasteiger partial charge is 0.335 e. The van der Waals surface area contributed by atoms with E-state index in [0.29, 0.717) is 22.9 Å². The Morgan fingerprint density at radius 1 is 1.35 bits per heavy atom. The van der Waals surface area contributed by atoms with Gasteiger partial charge in [0.25, 0.3) is 5.78 Å². The molecular formula is C8H8N6O2S. The summed E-state index contributed by atoms with van der Waals surface area (Å²) in [6.07, 6.45) is 0. The van der Waals surface area contributed by atoms with Crippen LogP contribution in [0.4, 0.5) is 5.82 Å². The lowest BCUT2D eigenvalue weighted by atomic mass is 10.2. The lowest BCUT2D eigenvalue weighted by Gasteiger charge is -2.01. The highest BCUT2D eigenvalue weighted by Crippen LogP contribution is 2.14. The molecule has 17 heavy (non-hydrogen) atoms. The van der Waals surface area contributed by atoms with E-state index in [1.165, 1.54) is 4.52 Å². The van der Waals surface area contributed by atoms with Gasteiger partial charge in [0.15, 0.2) is 0 Å². The van der Waals surface area contributed by atoms with E-state index in [-0.39, 0.29) is 5.82 Å². The molecule has 0 fully saturated rings. The van der Waals surface area contributed by atoms with E-state index in [4.69, 9.17) is 19.4 Å². The van der Waals surface area contributed by atoms with Crippen molar-refractivity contribution in [3.05, 3.63) is 17.1 Å². The van der Waals surface area contributed by atoms with Crippen LogP contribution in [0.1, 0.15) is 17.1 Å². The Bertz CT molecular complexity index is 637. The van der Waals surface area contributed by atoms with Crippen LogP contribution in [-0.2, 0) is 11.6 Å². The number of aryl methyl sites for hydroxylation is 2. The van der Waals surface area contributed by atoms with Gasteiger partial charge in [0.2, 0.25) is 0 Å². The second-order valence-corrected chi connectivity index (χ2v) is 3.14. The van der Waals surface area contributed by atoms with Crippen molar-refractivity contribution in [2.45, 2.75) is 13.8 Å². The van der Waals surface area contributed by atoms with Crippen molar-refractivity contribution in [1.82, 2.24) is 19.6 Å². The van der Waals surface area contributed by atoms with E-state index in [1.54, 1.807) is 13.8 Å². The predicted molar refractivity (Wildman–Crippen MR) is 58.3 cm³/mol. The molecule has 88 valence electrons. The molecule has 2 aromatic rings. The Balaban J connectivity index is 0.000000437. The van der Waals surface area contributed by atoms with Gasteiger partial charge in [-0.15, -0.1) is 5.10 Å². The molecule has 0 saturated heterocycles. The first-order chi connectivity index (χ1) is 8.04. The number of nitriles is 1. The maximum atomic E-state index is 8.83. The van der Waals surface area contributed by atoms with Crippen molar-refractivity contribution >= 4 is 23.2 Å². The first-order valence-corrected chi connectivity index (χ1v) is 5.03. The van der Waals surface area contributed by atoms with Crippen LogP contribution >= 0.6 is 0 Å². The van der Waals surface area contributed by atoms with Crippen molar-refractivity contribution in [2.24, 2.45) is 0 Å². The molecule has 2 heterocycles. The SMILES string of the molecule is Cc1nc2nc(C)c(C#N)c(N)n2n1.O=S=O. The van der Waals surface area contributed by atoms with E-state index in [2.05, 4.69) is 15.1 Å². The van der Waals surface area contributed by atoms with Gasteiger partial charge in [-0.25, -0.2) is 4.98 Å². The number of nitrogen functional groups attached to an aromatic ring is 1. The van der Waals surface area contributed by atoms with E-state index >= 15 is 0 Å². The van der Waals surface area contributed by atoms with Crippen LogP contribution < -0.4 is 5.73 Å². The molecule has 0 aromatic carbocycles. The van der Waals surface area contributed by atoms with Crippen molar-refractivity contribution in [3.8, 4) is 6.07 Å². The maximum Gasteiger partial charge on any atom is 0.335 e. The van der Waals surface area contributed by atoms with Crippen LogP contribution in [0.3, 0.4) is 0 Å². The third-order valence-corrected chi connectivity index (χ3v) is 1.92. The average Bonchev–Trinajstić information content (AvgIpc) is 2.61. The average molecular weight is 252 g/mol. The van der Waals surface area contributed by atoms with Crippen LogP contribution in [-0.4, -0.2) is 28.0 Å². The highest BCUT2D eigenvalue weighted by atomic mass is 32.1. The summed E-state index contributed by atoms with van der Waals surface area (Å²) in [6, 6.07) is 1.99. The van der Waals surface area contributed by atoms with Crippen LogP contribution in [0.25, 0.3) is 5.78 Å². The van der Waals surface area contributed by atoms with Crippen LogP contribution in [0.5, 0.6) is 0 Å². The normalized spacial score (nSPS) is 9.24. The summed E-state index contributed by atoms with van der Waals surface area (Å²) in [5, 5.41) is 12.9. The van der Waals surface area contributed by atoms with Crippen molar-refractivity contribution in [3.63, 3.8) is 0 Å². The van der Waals surface area contributed by atoms with Crippen LogP contribution in [0.15, 0.2) is 0 Å². The van der Waals surface area contributed by atoms with E-state index in [1.807, 2.05) is 6.07 Å². The van der Waals surface area contributed by atoms with Gasteiger partial charge in [-0.2, -0.15) is 23.2 Å². The Hall–Kier alpha value is -2.34. The van der Waals surface area contributed by atoms with Gasteiger partial charge < -0.3 is 5.73 Å². The molecule has 2 aromatic heterocycles. The van der Waals surface area contributed by atoms with Crippen LogP contribution in [0.2, 0.25) is 0 Å². The van der Waals surface area contributed by atoms with Crippen molar-refractivity contribution < 1.29 is 8.42 Å². The molecule has 0 aliphatic carbocycles. The number of aromatic nitrogens is 4. The Morgan fingerprint density at radius 3 is 2.47 bits per heavy atom. The standard InChI is InChI=1S/C8H8N6.O2S/c1-4-6(3-9)7(10)14-8(11-4)12-5(2)13-14;1-3-2/h10H2,1-2H3;. The second kappa shape index (κ2) is 5.13. The predicted octanol–water partition coefficient (Wildman–Crippen LogP) is -0.475. The molecule has 0 atom stereocenters. The first-order valence-electron chi connectivity index (χ1n) is 4.36. The number of rotatable bonds is 0. The molecule has 9 heteroatoms. The van der Waals surface area contributed by atoms with Gasteiger partial charge in [0.05, 0.1) is 5.69 Å². The minimum Gasteiger partial charge on any atom is -0.382 e. The summed E-state index contributed by atoms with van der Waals surface area (Å²) in [5.74, 6) is 1.30. The largest absolute Gasteiger partial charge is 0.382 e. The molecule has 0 spiro atoms. The zero-order valence-corrected chi connectivity index (χ0v) is 9.85. The molecule has 0 bridgehead atoms. The molecule has 2 rings (SSSR count). The molecule has 0 amide bonds. The summed E-state index contributed by atoms with van der Waals surface area (Å²) in [7, 11) is 0. The van der Waals surface area contributed by atoms with Gasteiger partial charge in [-0.1, -0.05) is 0 Å². The first kappa shape index (κ1) is 12.7. The topological polar surface area (TPSA) is 127 Å². The van der Waals surface area contributed by atoms with Gasteiger partial charge in [-0.3, -0.25) is 0 Å². The van der Waals surface area contributed by atoms with Crippen molar-refractivity contribution in [2.75, 3.05) is 5.73 Å². The van der Waals surface area contributed by atoms with E-state index < -0.39 is 11.6 Å². The van der Waals surface area contributed by atoms with Gasteiger partial charge in [0, 0.05) is 0 Å². The number of anilines is 1. The quantitative estimate of drug-likeness (QED) is 0.670. The molecule has 8 nitrogen and oxygen atoms in total. The number of nitrogens with zero attached hydrogens (tertiary/aromatic N) is 5. The lowest BCUT2D eigenvalue weighted by molar-refractivity contribution is 0.630. The van der Waals surface area contributed by atoms with Crippen LogP contribution in [0, 0.1) is 25.2 Å². The van der Waals surface area contributed by atoms with Gasteiger partial charge in [0.1, 0.15) is 23.3 Å². The van der Waals surface area contributed by atoms with Crippen molar-refractivity contribution in [1.29, 1.82) is 5.26 Å². The summed E-state index contributed by atoms with van der Waals surface area (Å²) >= 11 is -0.750. The molecular weight excluding hydrogens is 244 g/mol.